The predicted molar refractivity (Wildman–Crippen MR) is 101 cm³/mol. The Morgan fingerprint density at radius 2 is 2.00 bits per heavy atom. The number of aryl methyl sites for hydroxylation is 1. The summed E-state index contributed by atoms with van der Waals surface area (Å²) in [5, 5.41) is 20.0. The molecule has 0 radical (unpaired) electrons. The van der Waals surface area contributed by atoms with E-state index in [9.17, 15) is 4.79 Å². The molecule has 0 aromatic carbocycles. The van der Waals surface area contributed by atoms with Gasteiger partial charge in [0.05, 0.1) is 13.1 Å². The maximum atomic E-state index is 12.6. The second-order valence-corrected chi connectivity index (χ2v) is 7.87. The van der Waals surface area contributed by atoms with Crippen LogP contribution >= 0.6 is 0 Å². The summed E-state index contributed by atoms with van der Waals surface area (Å²) in [5.41, 5.74) is 0. The first-order valence-corrected chi connectivity index (χ1v) is 10.3. The van der Waals surface area contributed by atoms with Crippen LogP contribution in [0.5, 0.6) is 0 Å². The molecule has 10 heteroatoms. The van der Waals surface area contributed by atoms with Crippen molar-refractivity contribution in [3.8, 4) is 0 Å². The SMILES string of the molecule is Cn1c(CN2CCCCC2)nnc1[C@@H]1CCCN(C(=O)CCn2cnnn2)C1. The minimum atomic E-state index is 0.149. The normalized spacial score (nSPS) is 21.2. The number of amides is 1. The zero-order chi connectivity index (χ0) is 19.3. The third-order valence-corrected chi connectivity index (χ3v) is 5.90. The number of carbonyl (C=O) groups is 1. The Bertz CT molecular complexity index is 766. The van der Waals surface area contributed by atoms with E-state index in [0.29, 0.717) is 19.5 Å². The van der Waals surface area contributed by atoms with Crippen LogP contribution in [-0.4, -0.2) is 76.9 Å². The van der Waals surface area contributed by atoms with Gasteiger partial charge in [0.25, 0.3) is 0 Å². The fourth-order valence-corrected chi connectivity index (χ4v) is 4.25. The van der Waals surface area contributed by atoms with Gasteiger partial charge in [-0.2, -0.15) is 0 Å². The highest BCUT2D eigenvalue weighted by Crippen LogP contribution is 2.26. The topological polar surface area (TPSA) is 97.9 Å². The molecule has 0 aliphatic carbocycles. The van der Waals surface area contributed by atoms with Crippen LogP contribution in [-0.2, 0) is 24.9 Å². The third kappa shape index (κ3) is 4.37. The summed E-state index contributed by atoms with van der Waals surface area (Å²) in [7, 11) is 2.06. The molecule has 28 heavy (non-hydrogen) atoms. The molecule has 2 aromatic heterocycles. The van der Waals surface area contributed by atoms with Crippen molar-refractivity contribution < 1.29 is 4.79 Å². The summed E-state index contributed by atoms with van der Waals surface area (Å²) in [4.78, 5) is 17.0. The summed E-state index contributed by atoms with van der Waals surface area (Å²) < 4.78 is 3.74. The number of hydrogen-bond donors (Lipinski definition) is 0. The van der Waals surface area contributed by atoms with E-state index in [1.54, 1.807) is 4.68 Å². The van der Waals surface area contributed by atoms with Crippen molar-refractivity contribution in [2.24, 2.45) is 7.05 Å². The van der Waals surface area contributed by atoms with Crippen molar-refractivity contribution in [2.45, 2.75) is 57.5 Å². The molecule has 2 saturated heterocycles. The molecule has 4 heterocycles. The molecule has 2 aliphatic rings. The van der Waals surface area contributed by atoms with Gasteiger partial charge in [0.15, 0.2) is 0 Å². The summed E-state index contributed by atoms with van der Waals surface area (Å²) in [6.07, 6.45) is 7.87. The monoisotopic (exact) mass is 387 g/mol. The number of hydrogen-bond acceptors (Lipinski definition) is 7. The Kier molecular flexibility index (Phi) is 5.94. The zero-order valence-corrected chi connectivity index (χ0v) is 16.6. The molecule has 1 amide bonds. The minimum Gasteiger partial charge on any atom is -0.342 e. The molecule has 0 bridgehead atoms. The fraction of sp³-hybridized carbons (Fsp3) is 0.778. The smallest absolute Gasteiger partial charge is 0.224 e. The predicted octanol–water partition coefficient (Wildman–Crippen LogP) is 0.584. The van der Waals surface area contributed by atoms with Crippen LogP contribution in [0.1, 0.15) is 56.1 Å². The molecule has 0 unspecified atom stereocenters. The van der Waals surface area contributed by atoms with Gasteiger partial charge in [-0.15, -0.1) is 15.3 Å². The highest BCUT2D eigenvalue weighted by atomic mass is 16.2. The highest BCUT2D eigenvalue weighted by Gasteiger charge is 2.28. The minimum absolute atomic E-state index is 0.149. The largest absolute Gasteiger partial charge is 0.342 e. The molecule has 152 valence electrons. The Morgan fingerprint density at radius 1 is 1.14 bits per heavy atom. The Hall–Kier alpha value is -2.36. The van der Waals surface area contributed by atoms with Gasteiger partial charge >= 0.3 is 0 Å². The summed E-state index contributed by atoms with van der Waals surface area (Å²) >= 11 is 0. The standard InChI is InChI=1S/C18H29N9O/c1-24-16(13-25-8-3-2-4-9-25)20-21-18(24)15-6-5-10-26(12-15)17(28)7-11-27-14-19-22-23-27/h14-15H,2-13H2,1H3/t15-/m1/s1. The van der Waals surface area contributed by atoms with Gasteiger partial charge in [0.2, 0.25) is 5.91 Å². The van der Waals surface area contributed by atoms with E-state index in [0.717, 1.165) is 50.7 Å². The molecule has 0 saturated carbocycles. The van der Waals surface area contributed by atoms with E-state index in [1.807, 2.05) is 4.90 Å². The van der Waals surface area contributed by atoms with Crippen LogP contribution < -0.4 is 0 Å². The average Bonchev–Trinajstić information content (AvgIpc) is 3.37. The molecule has 0 N–H and O–H groups in total. The molecule has 10 nitrogen and oxygen atoms in total. The lowest BCUT2D eigenvalue weighted by Crippen LogP contribution is -2.40. The quantitative estimate of drug-likeness (QED) is 0.715. The van der Waals surface area contributed by atoms with Gasteiger partial charge in [-0.05, 0) is 49.2 Å². The number of aromatic nitrogens is 7. The Labute approximate surface area is 164 Å². The fourth-order valence-electron chi connectivity index (χ4n) is 4.25. The third-order valence-electron chi connectivity index (χ3n) is 5.90. The second-order valence-electron chi connectivity index (χ2n) is 7.87. The average molecular weight is 387 g/mol. The zero-order valence-electron chi connectivity index (χ0n) is 16.6. The lowest BCUT2D eigenvalue weighted by atomic mass is 9.97. The first-order chi connectivity index (χ1) is 13.7. The van der Waals surface area contributed by atoms with E-state index in [2.05, 4.69) is 42.2 Å². The van der Waals surface area contributed by atoms with Crippen molar-refractivity contribution in [1.82, 2.24) is 44.8 Å². The molecule has 2 fully saturated rings. The number of rotatable bonds is 6. The number of likely N-dealkylation sites (tertiary alicyclic amines) is 2. The lowest BCUT2D eigenvalue weighted by molar-refractivity contribution is -0.132. The lowest BCUT2D eigenvalue weighted by Gasteiger charge is -2.32. The van der Waals surface area contributed by atoms with E-state index in [-0.39, 0.29) is 11.8 Å². The van der Waals surface area contributed by atoms with Crippen LogP contribution in [0.2, 0.25) is 0 Å². The summed E-state index contributed by atoms with van der Waals surface area (Å²) in [6.45, 7) is 5.19. The molecule has 1 atom stereocenters. The molecule has 4 rings (SSSR count). The molecular weight excluding hydrogens is 358 g/mol. The molecule has 2 aromatic rings. The van der Waals surface area contributed by atoms with E-state index >= 15 is 0 Å². The van der Waals surface area contributed by atoms with Crippen molar-refractivity contribution in [3.63, 3.8) is 0 Å². The Morgan fingerprint density at radius 3 is 2.79 bits per heavy atom. The van der Waals surface area contributed by atoms with Crippen molar-refractivity contribution in [2.75, 3.05) is 26.2 Å². The maximum Gasteiger partial charge on any atom is 0.224 e. The van der Waals surface area contributed by atoms with E-state index in [4.69, 9.17) is 0 Å². The van der Waals surface area contributed by atoms with Crippen LogP contribution in [0.3, 0.4) is 0 Å². The number of nitrogens with zero attached hydrogens (tertiary/aromatic N) is 9. The van der Waals surface area contributed by atoms with Gasteiger partial charge in [-0.3, -0.25) is 9.69 Å². The Balaban J connectivity index is 1.35. The second kappa shape index (κ2) is 8.76. The maximum absolute atomic E-state index is 12.6. The van der Waals surface area contributed by atoms with E-state index < -0.39 is 0 Å². The van der Waals surface area contributed by atoms with Crippen molar-refractivity contribution >= 4 is 5.91 Å². The number of piperidine rings is 2. The summed E-state index contributed by atoms with van der Waals surface area (Å²) in [6, 6.07) is 0. The van der Waals surface area contributed by atoms with Crippen LogP contribution in [0, 0.1) is 0 Å². The number of tetrazole rings is 1. The van der Waals surface area contributed by atoms with Gasteiger partial charge in [0.1, 0.15) is 18.0 Å². The van der Waals surface area contributed by atoms with Crippen molar-refractivity contribution in [1.29, 1.82) is 0 Å². The highest BCUT2D eigenvalue weighted by molar-refractivity contribution is 5.76. The van der Waals surface area contributed by atoms with Crippen LogP contribution in [0.4, 0.5) is 0 Å². The molecule has 2 aliphatic heterocycles. The van der Waals surface area contributed by atoms with E-state index in [1.165, 1.54) is 25.6 Å². The van der Waals surface area contributed by atoms with Gasteiger partial charge in [-0.1, -0.05) is 6.42 Å². The first-order valence-electron chi connectivity index (χ1n) is 10.3. The molecular formula is C18H29N9O. The van der Waals surface area contributed by atoms with Crippen LogP contribution in [0.15, 0.2) is 6.33 Å². The van der Waals surface area contributed by atoms with Crippen molar-refractivity contribution in [3.05, 3.63) is 18.0 Å². The van der Waals surface area contributed by atoms with Gasteiger partial charge < -0.3 is 9.47 Å². The number of carbonyl (C=O) groups excluding carboxylic acids is 1. The van der Waals surface area contributed by atoms with Gasteiger partial charge in [0, 0.05) is 32.5 Å². The first kappa shape index (κ1) is 19.0. The van der Waals surface area contributed by atoms with Gasteiger partial charge in [-0.25, -0.2) is 4.68 Å². The summed E-state index contributed by atoms with van der Waals surface area (Å²) in [5.74, 6) is 2.43. The molecule has 0 spiro atoms. The van der Waals surface area contributed by atoms with Crippen LogP contribution in [0.25, 0.3) is 0 Å².